The van der Waals surface area contributed by atoms with Crippen LogP contribution in [-0.4, -0.2) is 45.7 Å². The van der Waals surface area contributed by atoms with E-state index in [0.29, 0.717) is 12.5 Å². The van der Waals surface area contributed by atoms with Gasteiger partial charge in [0.15, 0.2) is 5.65 Å². The number of likely N-dealkylation sites (tertiary alicyclic amines) is 1. The van der Waals surface area contributed by atoms with E-state index in [1.807, 2.05) is 12.3 Å². The Hall–Kier alpha value is -1.14. The van der Waals surface area contributed by atoms with Gasteiger partial charge in [0, 0.05) is 18.8 Å². The molecule has 2 aromatic rings. The standard InChI is InChI=1S/C13H17BrN4O/c14-11-10-15-18-8-4-12(16-13(11)18)19-9-3-7-17-5-1-2-6-17/h4,8,10H,1-3,5-7,9H2. The van der Waals surface area contributed by atoms with Gasteiger partial charge in [-0.25, -0.2) is 4.52 Å². The molecule has 0 spiro atoms. The number of aromatic nitrogens is 3. The molecule has 102 valence electrons. The summed E-state index contributed by atoms with van der Waals surface area (Å²) in [5.41, 5.74) is 0.789. The van der Waals surface area contributed by atoms with Gasteiger partial charge in [-0.05, 0) is 48.3 Å². The van der Waals surface area contributed by atoms with Gasteiger partial charge in [0.05, 0.1) is 17.3 Å². The first-order valence-electron chi connectivity index (χ1n) is 6.68. The molecule has 5 nitrogen and oxygen atoms in total. The van der Waals surface area contributed by atoms with Gasteiger partial charge < -0.3 is 9.64 Å². The smallest absolute Gasteiger partial charge is 0.216 e. The molecule has 0 amide bonds. The van der Waals surface area contributed by atoms with Crippen LogP contribution in [0.15, 0.2) is 22.9 Å². The van der Waals surface area contributed by atoms with Crippen LogP contribution >= 0.6 is 15.9 Å². The Morgan fingerprint density at radius 3 is 3.00 bits per heavy atom. The predicted molar refractivity (Wildman–Crippen MR) is 76.5 cm³/mol. The Bertz CT molecular complexity index is 551. The third kappa shape index (κ3) is 3.06. The predicted octanol–water partition coefficient (Wildman–Crippen LogP) is 2.36. The van der Waals surface area contributed by atoms with E-state index in [-0.39, 0.29) is 0 Å². The molecule has 0 unspecified atom stereocenters. The average molecular weight is 325 g/mol. The fourth-order valence-corrected chi connectivity index (χ4v) is 2.74. The van der Waals surface area contributed by atoms with Crippen molar-refractivity contribution in [1.82, 2.24) is 19.5 Å². The Kier molecular flexibility index (Phi) is 3.98. The van der Waals surface area contributed by atoms with Crippen LogP contribution in [0.3, 0.4) is 0 Å². The molecule has 1 aliphatic heterocycles. The van der Waals surface area contributed by atoms with Crippen molar-refractivity contribution in [3.05, 3.63) is 22.9 Å². The average Bonchev–Trinajstić information content (AvgIpc) is 3.06. The zero-order valence-corrected chi connectivity index (χ0v) is 12.3. The van der Waals surface area contributed by atoms with Crippen molar-refractivity contribution < 1.29 is 4.74 Å². The van der Waals surface area contributed by atoms with Gasteiger partial charge in [-0.1, -0.05) is 0 Å². The van der Waals surface area contributed by atoms with Gasteiger partial charge in [-0.2, -0.15) is 10.1 Å². The minimum absolute atomic E-state index is 0.662. The molecule has 0 bridgehead atoms. The van der Waals surface area contributed by atoms with Gasteiger partial charge in [-0.3, -0.25) is 0 Å². The number of hydrogen-bond donors (Lipinski definition) is 0. The summed E-state index contributed by atoms with van der Waals surface area (Å²) < 4.78 is 8.31. The third-order valence-electron chi connectivity index (χ3n) is 3.37. The van der Waals surface area contributed by atoms with Gasteiger partial charge in [0.2, 0.25) is 5.88 Å². The van der Waals surface area contributed by atoms with E-state index in [0.717, 1.165) is 23.1 Å². The first kappa shape index (κ1) is 12.9. The number of rotatable bonds is 5. The molecule has 19 heavy (non-hydrogen) atoms. The van der Waals surface area contributed by atoms with Gasteiger partial charge in [0.1, 0.15) is 0 Å². The summed E-state index contributed by atoms with van der Waals surface area (Å²) in [4.78, 5) is 6.92. The summed E-state index contributed by atoms with van der Waals surface area (Å²) in [6.07, 6.45) is 7.33. The van der Waals surface area contributed by atoms with E-state index in [1.165, 1.54) is 25.9 Å². The van der Waals surface area contributed by atoms with Crippen LogP contribution < -0.4 is 4.74 Å². The van der Waals surface area contributed by atoms with Crippen LogP contribution in [0.2, 0.25) is 0 Å². The second-order valence-corrected chi connectivity index (χ2v) is 5.63. The highest BCUT2D eigenvalue weighted by molar-refractivity contribution is 9.10. The number of halogens is 1. The summed E-state index contributed by atoms with van der Waals surface area (Å²) in [5, 5.41) is 4.15. The Morgan fingerprint density at radius 1 is 1.32 bits per heavy atom. The molecule has 1 aliphatic rings. The van der Waals surface area contributed by atoms with E-state index in [4.69, 9.17) is 4.74 Å². The normalized spacial score (nSPS) is 16.3. The molecule has 3 rings (SSSR count). The van der Waals surface area contributed by atoms with Crippen molar-refractivity contribution >= 4 is 21.6 Å². The van der Waals surface area contributed by atoms with Crippen LogP contribution in [0.4, 0.5) is 0 Å². The van der Waals surface area contributed by atoms with E-state index in [9.17, 15) is 0 Å². The monoisotopic (exact) mass is 324 g/mol. The highest BCUT2D eigenvalue weighted by atomic mass is 79.9. The van der Waals surface area contributed by atoms with Crippen molar-refractivity contribution in [3.63, 3.8) is 0 Å². The molecule has 0 aliphatic carbocycles. The first-order chi connectivity index (χ1) is 9.33. The fraction of sp³-hybridized carbons (Fsp3) is 0.538. The maximum absolute atomic E-state index is 5.70. The Balaban J connectivity index is 1.51. The number of nitrogens with zero attached hydrogens (tertiary/aromatic N) is 4. The molecule has 1 saturated heterocycles. The maximum atomic E-state index is 5.70. The van der Waals surface area contributed by atoms with E-state index < -0.39 is 0 Å². The second-order valence-electron chi connectivity index (χ2n) is 4.78. The van der Waals surface area contributed by atoms with Crippen LogP contribution in [0.5, 0.6) is 5.88 Å². The third-order valence-corrected chi connectivity index (χ3v) is 3.93. The lowest BCUT2D eigenvalue weighted by Crippen LogP contribution is -2.22. The van der Waals surface area contributed by atoms with Crippen molar-refractivity contribution in [2.45, 2.75) is 19.3 Å². The summed E-state index contributed by atoms with van der Waals surface area (Å²) >= 11 is 3.42. The second kappa shape index (κ2) is 5.88. The van der Waals surface area contributed by atoms with Crippen molar-refractivity contribution in [2.75, 3.05) is 26.2 Å². The molecular formula is C13H17BrN4O. The molecule has 0 atom stereocenters. The molecule has 2 aromatic heterocycles. The first-order valence-corrected chi connectivity index (χ1v) is 7.47. The highest BCUT2D eigenvalue weighted by Gasteiger charge is 2.10. The summed E-state index contributed by atoms with van der Waals surface area (Å²) in [5.74, 6) is 0.662. The van der Waals surface area contributed by atoms with Crippen molar-refractivity contribution in [1.29, 1.82) is 0 Å². The van der Waals surface area contributed by atoms with Gasteiger partial charge >= 0.3 is 0 Å². The summed E-state index contributed by atoms with van der Waals surface area (Å²) in [6, 6.07) is 1.85. The van der Waals surface area contributed by atoms with Crippen LogP contribution in [0, 0.1) is 0 Å². The molecule has 0 radical (unpaired) electrons. The molecule has 0 saturated carbocycles. The molecule has 6 heteroatoms. The number of hydrogen-bond acceptors (Lipinski definition) is 4. The Labute approximate surface area is 120 Å². The molecule has 1 fully saturated rings. The molecule has 3 heterocycles. The highest BCUT2D eigenvalue weighted by Crippen LogP contribution is 2.17. The lowest BCUT2D eigenvalue weighted by atomic mass is 10.4. The largest absolute Gasteiger partial charge is 0.478 e. The van der Waals surface area contributed by atoms with Crippen molar-refractivity contribution in [3.8, 4) is 5.88 Å². The van der Waals surface area contributed by atoms with E-state index in [2.05, 4.69) is 30.9 Å². The lowest BCUT2D eigenvalue weighted by Gasteiger charge is -2.14. The van der Waals surface area contributed by atoms with Gasteiger partial charge in [0.25, 0.3) is 0 Å². The van der Waals surface area contributed by atoms with Crippen LogP contribution in [0.1, 0.15) is 19.3 Å². The van der Waals surface area contributed by atoms with Crippen LogP contribution in [0.25, 0.3) is 5.65 Å². The SMILES string of the molecule is Brc1cnn2ccc(OCCCN3CCCC3)nc12. The zero-order chi connectivity index (χ0) is 13.1. The number of fused-ring (bicyclic) bond motifs is 1. The minimum Gasteiger partial charge on any atom is -0.478 e. The zero-order valence-electron chi connectivity index (χ0n) is 10.8. The van der Waals surface area contributed by atoms with Crippen LogP contribution in [-0.2, 0) is 0 Å². The topological polar surface area (TPSA) is 42.7 Å². The minimum atomic E-state index is 0.662. The molecule has 0 N–H and O–H groups in total. The maximum Gasteiger partial charge on any atom is 0.216 e. The van der Waals surface area contributed by atoms with E-state index in [1.54, 1.807) is 10.7 Å². The van der Waals surface area contributed by atoms with Crippen molar-refractivity contribution in [2.24, 2.45) is 0 Å². The van der Waals surface area contributed by atoms with Gasteiger partial charge in [-0.15, -0.1) is 0 Å². The summed E-state index contributed by atoms with van der Waals surface area (Å²) in [7, 11) is 0. The lowest BCUT2D eigenvalue weighted by molar-refractivity contribution is 0.257. The molecular weight excluding hydrogens is 308 g/mol. The quantitative estimate of drug-likeness (QED) is 0.792. The molecule has 0 aromatic carbocycles. The Morgan fingerprint density at radius 2 is 2.16 bits per heavy atom. The van der Waals surface area contributed by atoms with E-state index >= 15 is 0 Å². The fourth-order valence-electron chi connectivity index (χ4n) is 2.38. The summed E-state index contributed by atoms with van der Waals surface area (Å²) in [6.45, 7) is 4.32. The number of ether oxygens (including phenoxy) is 1.